The lowest BCUT2D eigenvalue weighted by Gasteiger charge is -2.35. The number of hydrogen-bond donors (Lipinski definition) is 1. The highest BCUT2D eigenvalue weighted by Crippen LogP contribution is 2.44. The Morgan fingerprint density at radius 1 is 1.04 bits per heavy atom. The zero-order valence-corrected chi connectivity index (χ0v) is 15.8. The number of likely N-dealkylation sites (tertiary alicyclic amines) is 1. The molecule has 1 N–H and O–H groups in total. The topological polar surface area (TPSA) is 15.3 Å². The molecule has 2 aliphatic rings. The lowest BCUT2D eigenvalue weighted by Crippen LogP contribution is -2.21. The Kier molecular flexibility index (Phi) is 6.21. The van der Waals surface area contributed by atoms with Gasteiger partial charge in [-0.3, -0.25) is 0 Å². The van der Waals surface area contributed by atoms with E-state index in [1.807, 2.05) is 0 Å². The molecule has 0 atom stereocenters. The van der Waals surface area contributed by atoms with Crippen molar-refractivity contribution in [1.82, 2.24) is 4.90 Å². The summed E-state index contributed by atoms with van der Waals surface area (Å²) in [6.45, 7) is 9.91. The van der Waals surface area contributed by atoms with Crippen molar-refractivity contribution in [3.05, 3.63) is 29.8 Å². The van der Waals surface area contributed by atoms with Crippen LogP contribution in [-0.4, -0.2) is 31.1 Å². The van der Waals surface area contributed by atoms with Gasteiger partial charge in [0.05, 0.1) is 0 Å². The first-order chi connectivity index (χ1) is 11.6. The van der Waals surface area contributed by atoms with Crippen LogP contribution in [-0.2, 0) is 0 Å². The van der Waals surface area contributed by atoms with Crippen LogP contribution in [0, 0.1) is 5.41 Å². The first-order valence-electron chi connectivity index (χ1n) is 10.2. The van der Waals surface area contributed by atoms with Crippen molar-refractivity contribution in [1.29, 1.82) is 0 Å². The van der Waals surface area contributed by atoms with Crippen LogP contribution in [0.5, 0.6) is 0 Å². The molecule has 1 aromatic carbocycles. The molecule has 134 valence electrons. The summed E-state index contributed by atoms with van der Waals surface area (Å²) in [4.78, 5) is 2.62. The number of para-hydroxylation sites is 1. The second-order valence-electron chi connectivity index (χ2n) is 8.71. The molecular formula is C22H36N2. The number of rotatable bonds is 7. The fourth-order valence-corrected chi connectivity index (χ4v) is 4.41. The van der Waals surface area contributed by atoms with E-state index in [0.29, 0.717) is 5.41 Å². The lowest BCUT2D eigenvalue weighted by atomic mass is 9.71. The van der Waals surface area contributed by atoms with Crippen molar-refractivity contribution in [2.75, 3.05) is 31.5 Å². The maximum atomic E-state index is 3.74. The Bertz CT molecular complexity index is 492. The van der Waals surface area contributed by atoms with Gasteiger partial charge in [-0.1, -0.05) is 32.0 Å². The standard InChI is InChI=1S/C22H36N2/c1-22(2)13-11-19(12-14-22)20-9-3-4-10-21(20)23-15-5-6-16-24-17-7-8-18-24/h3-4,9-10,19,23H,5-8,11-18H2,1-2H3. The predicted molar refractivity (Wildman–Crippen MR) is 105 cm³/mol. The molecule has 1 aliphatic carbocycles. The molecule has 2 fully saturated rings. The van der Waals surface area contributed by atoms with Crippen molar-refractivity contribution < 1.29 is 0 Å². The summed E-state index contributed by atoms with van der Waals surface area (Å²) in [6, 6.07) is 9.04. The Labute approximate surface area is 149 Å². The van der Waals surface area contributed by atoms with Gasteiger partial charge in [-0.2, -0.15) is 0 Å². The van der Waals surface area contributed by atoms with E-state index >= 15 is 0 Å². The summed E-state index contributed by atoms with van der Waals surface area (Å²) in [6.07, 6.45) is 10.8. The SMILES string of the molecule is CC1(C)CCC(c2ccccc2NCCCCN2CCCC2)CC1. The van der Waals surface area contributed by atoms with E-state index in [9.17, 15) is 0 Å². The Morgan fingerprint density at radius 3 is 2.50 bits per heavy atom. The molecule has 0 aromatic heterocycles. The molecule has 0 bridgehead atoms. The van der Waals surface area contributed by atoms with Gasteiger partial charge in [0.15, 0.2) is 0 Å². The molecule has 0 amide bonds. The van der Waals surface area contributed by atoms with Crippen molar-refractivity contribution >= 4 is 5.69 Å². The second-order valence-corrected chi connectivity index (χ2v) is 8.71. The zero-order chi connectivity index (χ0) is 16.8. The van der Waals surface area contributed by atoms with Gasteiger partial charge in [0.2, 0.25) is 0 Å². The van der Waals surface area contributed by atoms with Gasteiger partial charge < -0.3 is 10.2 Å². The Morgan fingerprint density at radius 2 is 1.75 bits per heavy atom. The van der Waals surface area contributed by atoms with Crippen molar-refractivity contribution in [3.63, 3.8) is 0 Å². The average molecular weight is 329 g/mol. The first-order valence-corrected chi connectivity index (χ1v) is 10.2. The maximum Gasteiger partial charge on any atom is 0.0375 e. The summed E-state index contributed by atoms with van der Waals surface area (Å²) in [5, 5.41) is 3.74. The smallest absolute Gasteiger partial charge is 0.0375 e. The minimum atomic E-state index is 0.550. The maximum absolute atomic E-state index is 3.74. The van der Waals surface area contributed by atoms with Crippen LogP contribution in [0.15, 0.2) is 24.3 Å². The third-order valence-electron chi connectivity index (χ3n) is 6.16. The quantitative estimate of drug-likeness (QED) is 0.650. The zero-order valence-electron chi connectivity index (χ0n) is 15.8. The summed E-state index contributed by atoms with van der Waals surface area (Å²) in [7, 11) is 0. The molecule has 0 spiro atoms. The molecule has 1 aromatic rings. The van der Waals surface area contributed by atoms with Gasteiger partial charge in [0.1, 0.15) is 0 Å². The van der Waals surface area contributed by atoms with Crippen LogP contribution in [0.4, 0.5) is 5.69 Å². The molecular weight excluding hydrogens is 292 g/mol. The van der Waals surface area contributed by atoms with E-state index < -0.39 is 0 Å². The van der Waals surface area contributed by atoms with Crippen LogP contribution in [0.25, 0.3) is 0 Å². The molecule has 0 radical (unpaired) electrons. The lowest BCUT2D eigenvalue weighted by molar-refractivity contribution is 0.224. The van der Waals surface area contributed by atoms with Crippen LogP contribution in [0.1, 0.15) is 76.7 Å². The minimum absolute atomic E-state index is 0.550. The molecule has 1 saturated heterocycles. The molecule has 2 heteroatoms. The van der Waals surface area contributed by atoms with E-state index in [0.717, 1.165) is 12.5 Å². The Hall–Kier alpha value is -1.02. The van der Waals surface area contributed by atoms with Gasteiger partial charge in [0, 0.05) is 12.2 Å². The van der Waals surface area contributed by atoms with Crippen molar-refractivity contribution in [2.45, 2.75) is 71.1 Å². The highest BCUT2D eigenvalue weighted by atomic mass is 15.1. The van der Waals surface area contributed by atoms with E-state index in [1.54, 1.807) is 5.56 Å². The third-order valence-corrected chi connectivity index (χ3v) is 6.16. The van der Waals surface area contributed by atoms with Gasteiger partial charge >= 0.3 is 0 Å². The highest BCUT2D eigenvalue weighted by Gasteiger charge is 2.28. The normalized spacial score (nSPS) is 21.9. The van der Waals surface area contributed by atoms with E-state index in [4.69, 9.17) is 0 Å². The second kappa shape index (κ2) is 8.38. The third kappa shape index (κ3) is 4.99. The highest BCUT2D eigenvalue weighted by molar-refractivity contribution is 5.52. The van der Waals surface area contributed by atoms with Gasteiger partial charge in [0.25, 0.3) is 0 Å². The van der Waals surface area contributed by atoms with Crippen molar-refractivity contribution in [2.24, 2.45) is 5.41 Å². The van der Waals surface area contributed by atoms with E-state index in [-0.39, 0.29) is 0 Å². The summed E-state index contributed by atoms with van der Waals surface area (Å²) in [5.41, 5.74) is 3.50. The summed E-state index contributed by atoms with van der Waals surface area (Å²) >= 11 is 0. The molecule has 0 unspecified atom stereocenters. The van der Waals surface area contributed by atoms with E-state index in [2.05, 4.69) is 48.3 Å². The molecule has 24 heavy (non-hydrogen) atoms. The molecule has 1 saturated carbocycles. The van der Waals surface area contributed by atoms with Crippen LogP contribution >= 0.6 is 0 Å². The number of nitrogens with zero attached hydrogens (tertiary/aromatic N) is 1. The average Bonchev–Trinajstić information content (AvgIpc) is 3.09. The Balaban J connectivity index is 1.45. The number of anilines is 1. The molecule has 1 aliphatic heterocycles. The van der Waals surface area contributed by atoms with Crippen molar-refractivity contribution in [3.8, 4) is 0 Å². The number of hydrogen-bond acceptors (Lipinski definition) is 2. The summed E-state index contributed by atoms with van der Waals surface area (Å²) < 4.78 is 0. The van der Waals surface area contributed by atoms with Gasteiger partial charge in [-0.15, -0.1) is 0 Å². The van der Waals surface area contributed by atoms with Gasteiger partial charge in [-0.25, -0.2) is 0 Å². The molecule has 1 heterocycles. The first kappa shape index (κ1) is 17.8. The number of benzene rings is 1. The number of unbranched alkanes of at least 4 members (excludes halogenated alkanes) is 1. The largest absolute Gasteiger partial charge is 0.385 e. The number of nitrogens with one attached hydrogen (secondary N) is 1. The minimum Gasteiger partial charge on any atom is -0.385 e. The van der Waals surface area contributed by atoms with Crippen LogP contribution < -0.4 is 5.32 Å². The summed E-state index contributed by atoms with van der Waals surface area (Å²) in [5.74, 6) is 0.756. The van der Waals surface area contributed by atoms with Gasteiger partial charge in [-0.05, 0) is 94.0 Å². The monoisotopic (exact) mass is 328 g/mol. The fourth-order valence-electron chi connectivity index (χ4n) is 4.41. The predicted octanol–water partition coefficient (Wildman–Crippen LogP) is 5.66. The molecule has 2 nitrogen and oxygen atoms in total. The van der Waals surface area contributed by atoms with Crippen LogP contribution in [0.2, 0.25) is 0 Å². The van der Waals surface area contributed by atoms with Crippen LogP contribution in [0.3, 0.4) is 0 Å². The van der Waals surface area contributed by atoms with E-state index in [1.165, 1.54) is 76.7 Å². The fraction of sp³-hybridized carbons (Fsp3) is 0.727. The molecule has 3 rings (SSSR count).